The summed E-state index contributed by atoms with van der Waals surface area (Å²) in [5.74, 6) is 1.03. The second-order valence-electron chi connectivity index (χ2n) is 7.67. The molecule has 0 aromatic heterocycles. The van der Waals surface area contributed by atoms with E-state index in [4.69, 9.17) is 9.47 Å². The number of hydrogen-bond acceptors (Lipinski definition) is 4. The summed E-state index contributed by atoms with van der Waals surface area (Å²) in [4.78, 5) is 12.5. The van der Waals surface area contributed by atoms with Gasteiger partial charge in [-0.3, -0.25) is 4.79 Å². The third-order valence-corrected chi connectivity index (χ3v) is 5.17. The average Bonchev–Trinajstić information content (AvgIpc) is 2.84. The van der Waals surface area contributed by atoms with E-state index in [2.05, 4.69) is 41.7 Å². The molecule has 0 bridgehead atoms. The number of rotatable bonds is 8. The van der Waals surface area contributed by atoms with Crippen LogP contribution in [-0.4, -0.2) is 18.7 Å². The van der Waals surface area contributed by atoms with Crippen LogP contribution in [0, 0.1) is 6.92 Å². The lowest BCUT2D eigenvalue weighted by Gasteiger charge is -2.13. The number of carbonyl (C=O) groups excluding carboxylic acids is 1. The molecule has 0 spiro atoms. The molecule has 0 aliphatic heterocycles. The maximum Gasteiger partial charge on any atom is 0.271 e. The summed E-state index contributed by atoms with van der Waals surface area (Å²) in [6.45, 7) is 4.95. The van der Waals surface area contributed by atoms with E-state index in [-0.39, 0.29) is 5.91 Å². The van der Waals surface area contributed by atoms with E-state index >= 15 is 0 Å². The average molecular weight is 439 g/mol. The number of amides is 1. The Morgan fingerprint density at radius 2 is 1.67 bits per heavy atom. The van der Waals surface area contributed by atoms with E-state index in [0.29, 0.717) is 30.3 Å². The number of hydrazone groups is 1. The van der Waals surface area contributed by atoms with Crippen molar-refractivity contribution < 1.29 is 14.3 Å². The van der Waals surface area contributed by atoms with Crippen molar-refractivity contribution in [3.05, 3.63) is 107 Å². The maximum atomic E-state index is 12.5. The fraction of sp³-hybridized carbons (Fsp3) is 0.143. The first-order valence-electron chi connectivity index (χ1n) is 10.9. The number of hydrogen-bond donors (Lipinski definition) is 1. The van der Waals surface area contributed by atoms with Gasteiger partial charge in [0.2, 0.25) is 0 Å². The zero-order valence-corrected chi connectivity index (χ0v) is 18.7. The van der Waals surface area contributed by atoms with Crippen LogP contribution < -0.4 is 14.9 Å². The van der Waals surface area contributed by atoms with Gasteiger partial charge in [0.25, 0.3) is 5.91 Å². The number of nitrogens with zero attached hydrogens (tertiary/aromatic N) is 1. The van der Waals surface area contributed by atoms with Crippen molar-refractivity contribution in [3.63, 3.8) is 0 Å². The van der Waals surface area contributed by atoms with Crippen molar-refractivity contribution in [2.75, 3.05) is 6.61 Å². The molecule has 4 aromatic rings. The second-order valence-corrected chi connectivity index (χ2v) is 7.67. The van der Waals surface area contributed by atoms with Crippen LogP contribution in [0.4, 0.5) is 0 Å². The van der Waals surface area contributed by atoms with Gasteiger partial charge in [-0.25, -0.2) is 5.43 Å². The minimum Gasteiger partial charge on any atom is -0.490 e. The lowest BCUT2D eigenvalue weighted by atomic mass is 10.1. The molecule has 1 amide bonds. The Hall–Kier alpha value is -4.12. The fourth-order valence-corrected chi connectivity index (χ4v) is 3.40. The summed E-state index contributed by atoms with van der Waals surface area (Å²) in [5, 5.41) is 6.21. The lowest BCUT2D eigenvalue weighted by molar-refractivity contribution is 0.0955. The number of carbonyl (C=O) groups is 1. The van der Waals surface area contributed by atoms with Crippen LogP contribution in [0.5, 0.6) is 11.5 Å². The SMILES string of the molecule is CCOc1cc(/C=N\NC(=O)c2ccc3ccccc3c2)ccc1OCc1ccc(C)cc1. The highest BCUT2D eigenvalue weighted by Gasteiger charge is 2.08. The molecule has 0 fully saturated rings. The molecule has 5 nitrogen and oxygen atoms in total. The number of benzene rings is 4. The third-order valence-electron chi connectivity index (χ3n) is 5.17. The second kappa shape index (κ2) is 10.5. The van der Waals surface area contributed by atoms with Gasteiger partial charge in [-0.05, 0) is 66.1 Å². The first-order chi connectivity index (χ1) is 16.1. The Morgan fingerprint density at radius 1 is 0.879 bits per heavy atom. The van der Waals surface area contributed by atoms with Crippen LogP contribution in [0.25, 0.3) is 10.8 Å². The number of ether oxygens (including phenoxy) is 2. The third kappa shape index (κ3) is 5.77. The molecule has 4 rings (SSSR count). The van der Waals surface area contributed by atoms with Crippen molar-refractivity contribution in [3.8, 4) is 11.5 Å². The minimum atomic E-state index is -0.264. The maximum absolute atomic E-state index is 12.5. The molecule has 0 saturated heterocycles. The number of aryl methyl sites for hydroxylation is 1. The zero-order valence-electron chi connectivity index (χ0n) is 18.7. The van der Waals surface area contributed by atoms with Crippen molar-refractivity contribution in [2.45, 2.75) is 20.5 Å². The van der Waals surface area contributed by atoms with Gasteiger partial charge in [0.15, 0.2) is 11.5 Å². The highest BCUT2D eigenvalue weighted by atomic mass is 16.5. The molecule has 1 N–H and O–H groups in total. The van der Waals surface area contributed by atoms with E-state index in [0.717, 1.165) is 21.9 Å². The van der Waals surface area contributed by atoms with Gasteiger partial charge in [0.05, 0.1) is 12.8 Å². The highest BCUT2D eigenvalue weighted by molar-refractivity contribution is 5.99. The number of nitrogens with one attached hydrogen (secondary N) is 1. The van der Waals surface area contributed by atoms with Crippen LogP contribution in [0.3, 0.4) is 0 Å². The lowest BCUT2D eigenvalue weighted by Crippen LogP contribution is -2.17. The Balaban J connectivity index is 1.41. The normalized spacial score (nSPS) is 11.0. The Kier molecular flexibility index (Phi) is 7.00. The molecule has 166 valence electrons. The van der Waals surface area contributed by atoms with E-state index in [1.165, 1.54) is 5.56 Å². The summed E-state index contributed by atoms with van der Waals surface area (Å²) in [6.07, 6.45) is 1.59. The van der Waals surface area contributed by atoms with Gasteiger partial charge >= 0.3 is 0 Å². The van der Waals surface area contributed by atoms with Crippen LogP contribution in [0.15, 0.2) is 90.0 Å². The van der Waals surface area contributed by atoms with Crippen LogP contribution >= 0.6 is 0 Å². The molecular formula is C28H26N2O3. The predicted octanol–water partition coefficient (Wildman–Crippen LogP) is 5.89. The molecule has 4 aromatic carbocycles. The van der Waals surface area contributed by atoms with Crippen molar-refractivity contribution >= 4 is 22.9 Å². The first kappa shape index (κ1) is 22.1. The van der Waals surface area contributed by atoms with Gasteiger partial charge in [-0.15, -0.1) is 0 Å². The molecule has 0 saturated carbocycles. The smallest absolute Gasteiger partial charge is 0.271 e. The van der Waals surface area contributed by atoms with Gasteiger partial charge < -0.3 is 9.47 Å². The predicted molar refractivity (Wildman–Crippen MR) is 132 cm³/mol. The van der Waals surface area contributed by atoms with Gasteiger partial charge in [-0.2, -0.15) is 5.10 Å². The van der Waals surface area contributed by atoms with E-state index in [1.807, 2.05) is 61.5 Å². The molecular weight excluding hydrogens is 412 g/mol. The minimum absolute atomic E-state index is 0.264. The van der Waals surface area contributed by atoms with Crippen LogP contribution in [0.1, 0.15) is 34.0 Å². The molecule has 5 heteroatoms. The summed E-state index contributed by atoms with van der Waals surface area (Å²) >= 11 is 0. The topological polar surface area (TPSA) is 59.9 Å². The first-order valence-corrected chi connectivity index (χ1v) is 10.9. The van der Waals surface area contributed by atoms with Crippen LogP contribution in [0.2, 0.25) is 0 Å². The molecule has 0 unspecified atom stereocenters. The quantitative estimate of drug-likeness (QED) is 0.276. The summed E-state index contributed by atoms with van der Waals surface area (Å²) in [7, 11) is 0. The standard InChI is InChI=1S/C28H26N2O3/c1-3-32-27-16-22(12-15-26(27)33-19-21-10-8-20(2)9-11-21)18-29-30-28(31)25-14-13-23-6-4-5-7-24(23)17-25/h4-18H,3,19H2,1-2H3,(H,30,31)/b29-18-. The van der Waals surface area contributed by atoms with Crippen molar-refractivity contribution in [2.24, 2.45) is 5.10 Å². The van der Waals surface area contributed by atoms with Gasteiger partial charge in [-0.1, -0.05) is 60.2 Å². The van der Waals surface area contributed by atoms with Gasteiger partial charge in [0, 0.05) is 5.56 Å². The largest absolute Gasteiger partial charge is 0.490 e. The van der Waals surface area contributed by atoms with E-state index in [9.17, 15) is 4.79 Å². The molecule has 0 heterocycles. The summed E-state index contributed by atoms with van der Waals surface area (Å²) < 4.78 is 11.7. The van der Waals surface area contributed by atoms with E-state index in [1.54, 1.807) is 12.3 Å². The molecule has 0 radical (unpaired) electrons. The number of fused-ring (bicyclic) bond motifs is 1. The van der Waals surface area contributed by atoms with Gasteiger partial charge in [0.1, 0.15) is 6.61 Å². The Bertz CT molecular complexity index is 1280. The molecule has 0 aliphatic rings. The monoisotopic (exact) mass is 438 g/mol. The Morgan fingerprint density at radius 3 is 2.45 bits per heavy atom. The summed E-state index contributed by atoms with van der Waals surface area (Å²) in [5.41, 5.74) is 6.24. The van der Waals surface area contributed by atoms with Crippen LogP contribution in [-0.2, 0) is 6.61 Å². The summed E-state index contributed by atoms with van der Waals surface area (Å²) in [6, 6.07) is 27.3. The Labute approximate surface area is 193 Å². The van der Waals surface area contributed by atoms with E-state index < -0.39 is 0 Å². The zero-order chi connectivity index (χ0) is 23.0. The molecule has 0 atom stereocenters. The molecule has 0 aliphatic carbocycles. The molecule has 33 heavy (non-hydrogen) atoms. The highest BCUT2D eigenvalue weighted by Crippen LogP contribution is 2.29. The van der Waals surface area contributed by atoms with Crippen molar-refractivity contribution in [1.82, 2.24) is 5.43 Å². The van der Waals surface area contributed by atoms with Crippen molar-refractivity contribution in [1.29, 1.82) is 0 Å². The fourth-order valence-electron chi connectivity index (χ4n) is 3.40.